The van der Waals surface area contributed by atoms with Gasteiger partial charge in [0.25, 0.3) is 0 Å². The average Bonchev–Trinajstić information content (AvgIpc) is 2.27. The van der Waals surface area contributed by atoms with Crippen molar-refractivity contribution < 1.29 is 0 Å². The molecule has 0 bridgehead atoms. The molecule has 0 saturated carbocycles. The van der Waals surface area contributed by atoms with Gasteiger partial charge >= 0.3 is 0 Å². The summed E-state index contributed by atoms with van der Waals surface area (Å²) in [5, 5.41) is 7.48. The van der Waals surface area contributed by atoms with Gasteiger partial charge in [-0.1, -0.05) is 12.1 Å². The predicted molar refractivity (Wildman–Crippen MR) is 57.0 cm³/mol. The fourth-order valence-corrected chi connectivity index (χ4v) is 1.49. The van der Waals surface area contributed by atoms with E-state index in [0.29, 0.717) is 16.9 Å². The number of benzene rings is 1. The summed E-state index contributed by atoms with van der Waals surface area (Å²) < 4.78 is 0. The van der Waals surface area contributed by atoms with E-state index in [-0.39, 0.29) is 0 Å². The Labute approximate surface area is 85.0 Å². The first-order chi connectivity index (χ1) is 7.34. The molecule has 0 radical (unpaired) electrons. The van der Waals surface area contributed by atoms with Crippen molar-refractivity contribution in [3.63, 3.8) is 0 Å². The van der Waals surface area contributed by atoms with E-state index in [0.717, 1.165) is 11.0 Å². The van der Waals surface area contributed by atoms with Gasteiger partial charge in [-0.2, -0.15) is 5.10 Å². The van der Waals surface area contributed by atoms with E-state index < -0.39 is 0 Å². The van der Waals surface area contributed by atoms with E-state index in [4.69, 9.17) is 5.73 Å². The van der Waals surface area contributed by atoms with E-state index in [1.54, 1.807) is 6.20 Å². The minimum atomic E-state index is 0.311. The first-order valence-corrected chi connectivity index (χ1v) is 4.48. The summed E-state index contributed by atoms with van der Waals surface area (Å²) >= 11 is 0. The molecule has 1 aromatic carbocycles. The molecule has 5 heteroatoms. The normalized spacial score (nSPS) is 10.9. The van der Waals surface area contributed by atoms with Crippen LogP contribution in [0.4, 0.5) is 5.82 Å². The number of nitrogens with two attached hydrogens (primary N) is 1. The fourth-order valence-electron chi connectivity index (χ4n) is 1.49. The molecule has 0 amide bonds. The van der Waals surface area contributed by atoms with Gasteiger partial charge in [0.2, 0.25) is 0 Å². The summed E-state index contributed by atoms with van der Waals surface area (Å²) in [6.07, 6.45) is 1.56. The second-order valence-electron chi connectivity index (χ2n) is 3.18. The molecule has 0 spiro atoms. The number of nitrogen functional groups attached to an aromatic ring is 1. The van der Waals surface area contributed by atoms with Gasteiger partial charge in [0, 0.05) is 0 Å². The molecule has 0 unspecified atom stereocenters. The van der Waals surface area contributed by atoms with E-state index in [2.05, 4.69) is 20.2 Å². The lowest BCUT2D eigenvalue weighted by Gasteiger charge is -2.00. The zero-order chi connectivity index (χ0) is 10.3. The van der Waals surface area contributed by atoms with E-state index in [9.17, 15) is 0 Å². The molecule has 0 fully saturated rings. The largest absolute Gasteiger partial charge is 0.380 e. The van der Waals surface area contributed by atoms with Crippen LogP contribution in [-0.2, 0) is 0 Å². The minimum absolute atomic E-state index is 0.311. The SMILES string of the molecule is Nc1nncc2nc3ccccc3nc12. The van der Waals surface area contributed by atoms with Crippen LogP contribution in [0.2, 0.25) is 0 Å². The maximum Gasteiger partial charge on any atom is 0.174 e. The summed E-state index contributed by atoms with van der Waals surface area (Å²) in [4.78, 5) is 8.78. The third-order valence-corrected chi connectivity index (χ3v) is 2.19. The van der Waals surface area contributed by atoms with Gasteiger partial charge in [-0.3, -0.25) is 0 Å². The van der Waals surface area contributed by atoms with Gasteiger partial charge < -0.3 is 5.73 Å². The van der Waals surface area contributed by atoms with Crippen LogP contribution in [-0.4, -0.2) is 20.2 Å². The topological polar surface area (TPSA) is 77.6 Å². The highest BCUT2D eigenvalue weighted by Crippen LogP contribution is 2.17. The summed E-state index contributed by atoms with van der Waals surface area (Å²) in [7, 11) is 0. The molecule has 72 valence electrons. The smallest absolute Gasteiger partial charge is 0.174 e. The Morgan fingerprint density at radius 2 is 1.67 bits per heavy atom. The lowest BCUT2D eigenvalue weighted by molar-refractivity contribution is 1.05. The average molecular weight is 197 g/mol. The van der Waals surface area contributed by atoms with Gasteiger partial charge in [-0.05, 0) is 12.1 Å². The molecule has 2 N–H and O–H groups in total. The third-order valence-electron chi connectivity index (χ3n) is 2.19. The van der Waals surface area contributed by atoms with Crippen molar-refractivity contribution in [1.82, 2.24) is 20.2 Å². The second kappa shape index (κ2) is 2.84. The molecule has 3 rings (SSSR count). The van der Waals surface area contributed by atoms with Gasteiger partial charge in [0.05, 0.1) is 17.2 Å². The second-order valence-corrected chi connectivity index (χ2v) is 3.18. The number of anilines is 1. The van der Waals surface area contributed by atoms with Crippen LogP contribution < -0.4 is 5.73 Å². The number of hydrogen-bond acceptors (Lipinski definition) is 5. The monoisotopic (exact) mass is 197 g/mol. The van der Waals surface area contributed by atoms with Crippen LogP contribution in [0.5, 0.6) is 0 Å². The molecule has 2 aromatic heterocycles. The Kier molecular flexibility index (Phi) is 1.53. The standard InChI is InChI=1S/C10H7N5/c11-10-9-8(5-12-15-10)13-6-3-1-2-4-7(6)14-9/h1-5H,(H2,11,15). The summed E-state index contributed by atoms with van der Waals surface area (Å²) in [5.74, 6) is 0.311. The van der Waals surface area contributed by atoms with Crippen molar-refractivity contribution >= 4 is 27.9 Å². The molecule has 3 aromatic rings. The lowest BCUT2D eigenvalue weighted by atomic mass is 10.3. The molecule has 5 nitrogen and oxygen atoms in total. The Balaban J connectivity index is 2.53. The molecule has 0 aliphatic carbocycles. The molecule has 0 aliphatic heterocycles. The number of nitrogens with zero attached hydrogens (tertiary/aromatic N) is 4. The summed E-state index contributed by atoms with van der Waals surface area (Å²) in [6.45, 7) is 0. The highest BCUT2D eigenvalue weighted by Gasteiger charge is 2.04. The number of rotatable bonds is 0. The van der Waals surface area contributed by atoms with Crippen molar-refractivity contribution in [3.05, 3.63) is 30.5 Å². The highest BCUT2D eigenvalue weighted by atomic mass is 15.1. The van der Waals surface area contributed by atoms with E-state index in [1.165, 1.54) is 0 Å². The van der Waals surface area contributed by atoms with Crippen LogP contribution in [0, 0.1) is 0 Å². The Morgan fingerprint density at radius 1 is 0.933 bits per heavy atom. The Morgan fingerprint density at radius 3 is 2.47 bits per heavy atom. The van der Waals surface area contributed by atoms with Crippen molar-refractivity contribution in [2.45, 2.75) is 0 Å². The van der Waals surface area contributed by atoms with Crippen molar-refractivity contribution in [2.75, 3.05) is 5.73 Å². The molecule has 0 atom stereocenters. The van der Waals surface area contributed by atoms with Gasteiger partial charge in [0.1, 0.15) is 11.0 Å². The number of aromatic nitrogens is 4. The maximum absolute atomic E-state index is 5.67. The van der Waals surface area contributed by atoms with Gasteiger partial charge in [-0.25, -0.2) is 9.97 Å². The van der Waals surface area contributed by atoms with Crippen molar-refractivity contribution in [2.24, 2.45) is 0 Å². The van der Waals surface area contributed by atoms with E-state index >= 15 is 0 Å². The third kappa shape index (κ3) is 1.17. The molecular weight excluding hydrogens is 190 g/mol. The predicted octanol–water partition coefficient (Wildman–Crippen LogP) is 1.16. The first kappa shape index (κ1) is 8.05. The van der Waals surface area contributed by atoms with Crippen molar-refractivity contribution in [3.8, 4) is 0 Å². The van der Waals surface area contributed by atoms with Crippen LogP contribution in [0.1, 0.15) is 0 Å². The minimum Gasteiger partial charge on any atom is -0.380 e. The number of hydrogen-bond donors (Lipinski definition) is 1. The van der Waals surface area contributed by atoms with Gasteiger partial charge in [-0.15, -0.1) is 5.10 Å². The van der Waals surface area contributed by atoms with E-state index in [1.807, 2.05) is 24.3 Å². The maximum atomic E-state index is 5.67. The van der Waals surface area contributed by atoms with Crippen LogP contribution >= 0.6 is 0 Å². The highest BCUT2D eigenvalue weighted by molar-refractivity contribution is 5.90. The fraction of sp³-hybridized carbons (Fsp3) is 0. The number of fused-ring (bicyclic) bond motifs is 2. The molecule has 0 saturated heterocycles. The summed E-state index contributed by atoms with van der Waals surface area (Å²) in [6, 6.07) is 7.62. The lowest BCUT2D eigenvalue weighted by Crippen LogP contribution is -1.97. The summed E-state index contributed by atoms with van der Waals surface area (Å²) in [5.41, 5.74) is 8.58. The Bertz CT molecular complexity index is 649. The van der Waals surface area contributed by atoms with Crippen LogP contribution in [0.3, 0.4) is 0 Å². The molecular formula is C10H7N5. The van der Waals surface area contributed by atoms with Crippen molar-refractivity contribution in [1.29, 1.82) is 0 Å². The molecule has 0 aliphatic rings. The molecule has 15 heavy (non-hydrogen) atoms. The number of para-hydroxylation sites is 2. The van der Waals surface area contributed by atoms with Crippen LogP contribution in [0.15, 0.2) is 30.5 Å². The quantitative estimate of drug-likeness (QED) is 0.547. The Hall–Kier alpha value is -2.30. The zero-order valence-electron chi connectivity index (χ0n) is 7.75. The van der Waals surface area contributed by atoms with Gasteiger partial charge in [0.15, 0.2) is 5.82 Å². The molecule has 2 heterocycles. The first-order valence-electron chi connectivity index (χ1n) is 4.48. The van der Waals surface area contributed by atoms with Crippen LogP contribution in [0.25, 0.3) is 22.1 Å². The zero-order valence-corrected chi connectivity index (χ0v) is 7.75.